The predicted molar refractivity (Wildman–Crippen MR) is 132 cm³/mol. The molecule has 0 aromatic heterocycles. The summed E-state index contributed by atoms with van der Waals surface area (Å²) in [5.41, 5.74) is 1.86. The molecule has 0 aliphatic carbocycles. The molecule has 1 atom stereocenters. The highest BCUT2D eigenvalue weighted by atomic mass is 32.2. The highest BCUT2D eigenvalue weighted by Gasteiger charge is 2.31. The molecule has 2 aromatic carbocycles. The van der Waals surface area contributed by atoms with Gasteiger partial charge >= 0.3 is 0 Å². The van der Waals surface area contributed by atoms with E-state index in [0.717, 1.165) is 29.0 Å². The minimum Gasteiger partial charge on any atom is -0.354 e. The van der Waals surface area contributed by atoms with Crippen LogP contribution in [-0.4, -0.2) is 50.5 Å². The number of aryl methyl sites for hydroxylation is 1. The molecular weight excluding hydrogens is 457 g/mol. The third kappa shape index (κ3) is 7.83. The van der Waals surface area contributed by atoms with E-state index >= 15 is 0 Å². The molecule has 1 N–H and O–H groups in total. The molecule has 0 fully saturated rings. The summed E-state index contributed by atoms with van der Waals surface area (Å²) in [6.07, 6.45) is 3.11. The number of carbonyl (C=O) groups excluding carboxylic acids is 2. The van der Waals surface area contributed by atoms with Gasteiger partial charge in [-0.3, -0.25) is 13.9 Å². The lowest BCUT2D eigenvalue weighted by atomic mass is 10.1. The fourth-order valence-corrected chi connectivity index (χ4v) is 4.45. The number of nitrogens with zero attached hydrogens (tertiary/aromatic N) is 2. The Labute approximate surface area is 202 Å². The highest BCUT2D eigenvalue weighted by molar-refractivity contribution is 7.92. The average Bonchev–Trinajstić information content (AvgIpc) is 2.78. The molecule has 0 saturated carbocycles. The minimum absolute atomic E-state index is 0.0459. The molecule has 9 heteroatoms. The van der Waals surface area contributed by atoms with Crippen molar-refractivity contribution in [2.75, 3.05) is 23.7 Å². The topological polar surface area (TPSA) is 86.8 Å². The van der Waals surface area contributed by atoms with E-state index in [1.807, 2.05) is 19.9 Å². The number of hydrogen-bond acceptors (Lipinski definition) is 4. The van der Waals surface area contributed by atoms with Crippen molar-refractivity contribution in [3.8, 4) is 0 Å². The normalized spacial score (nSPS) is 12.1. The summed E-state index contributed by atoms with van der Waals surface area (Å²) >= 11 is 0. The first-order valence-electron chi connectivity index (χ1n) is 11.4. The number of amides is 2. The molecule has 0 aliphatic rings. The molecule has 0 bridgehead atoms. The largest absolute Gasteiger partial charge is 0.354 e. The van der Waals surface area contributed by atoms with Crippen molar-refractivity contribution >= 4 is 27.5 Å². The molecule has 0 saturated heterocycles. The smallest absolute Gasteiger partial charge is 0.244 e. The summed E-state index contributed by atoms with van der Waals surface area (Å²) in [6.45, 7) is 5.72. The number of unbranched alkanes of at least 4 members (excludes halogenated alkanes) is 1. The van der Waals surface area contributed by atoms with Gasteiger partial charge in [-0.15, -0.1) is 0 Å². The van der Waals surface area contributed by atoms with Gasteiger partial charge in [0, 0.05) is 13.1 Å². The Hall–Kier alpha value is -2.94. The van der Waals surface area contributed by atoms with Crippen molar-refractivity contribution in [2.45, 2.75) is 52.6 Å². The van der Waals surface area contributed by atoms with Gasteiger partial charge in [0.1, 0.15) is 18.4 Å². The van der Waals surface area contributed by atoms with Crippen molar-refractivity contribution in [3.05, 3.63) is 65.5 Å². The maximum absolute atomic E-state index is 13.5. The van der Waals surface area contributed by atoms with Crippen LogP contribution in [0.4, 0.5) is 10.1 Å². The number of nitrogens with one attached hydrogen (secondary N) is 1. The van der Waals surface area contributed by atoms with Gasteiger partial charge in [-0.1, -0.05) is 44.5 Å². The fourth-order valence-electron chi connectivity index (χ4n) is 3.61. The predicted octanol–water partition coefficient (Wildman–Crippen LogP) is 3.62. The zero-order valence-electron chi connectivity index (χ0n) is 20.3. The van der Waals surface area contributed by atoms with E-state index in [4.69, 9.17) is 0 Å². The number of anilines is 1. The standard InChI is InChI=1S/C25H34FN3O4S/c1-5-7-15-27-25(31)23(6-2)28(17-20-11-13-21(26)14-12-20)24(30)18-29(34(4,32)33)22-10-8-9-19(3)16-22/h8-14,16,23H,5-7,15,17-18H2,1-4H3,(H,27,31)/t23-/m0/s1. The molecule has 2 rings (SSSR count). The molecule has 0 aliphatic heterocycles. The van der Waals surface area contributed by atoms with Crippen LogP contribution in [0.25, 0.3) is 0 Å². The molecule has 2 amide bonds. The number of carbonyl (C=O) groups is 2. The van der Waals surface area contributed by atoms with E-state index < -0.39 is 34.3 Å². The zero-order chi connectivity index (χ0) is 25.3. The van der Waals surface area contributed by atoms with Gasteiger partial charge in [0.15, 0.2) is 0 Å². The van der Waals surface area contributed by atoms with Crippen molar-refractivity contribution < 1.29 is 22.4 Å². The number of halogens is 1. The number of benzene rings is 2. The van der Waals surface area contributed by atoms with Gasteiger partial charge < -0.3 is 10.2 Å². The number of hydrogen-bond donors (Lipinski definition) is 1. The first-order valence-corrected chi connectivity index (χ1v) is 13.3. The summed E-state index contributed by atoms with van der Waals surface area (Å²) in [7, 11) is -3.78. The molecular formula is C25H34FN3O4S. The quantitative estimate of drug-likeness (QED) is 0.460. The van der Waals surface area contributed by atoms with Gasteiger partial charge in [0.05, 0.1) is 11.9 Å². The van der Waals surface area contributed by atoms with Gasteiger partial charge in [-0.25, -0.2) is 12.8 Å². The second-order valence-corrected chi connectivity index (χ2v) is 10.2. The Kier molecular flexibility index (Phi) is 10.0. The Morgan fingerprint density at radius 2 is 1.76 bits per heavy atom. The van der Waals surface area contributed by atoms with Gasteiger partial charge in [0.25, 0.3) is 0 Å². The fraction of sp³-hybridized carbons (Fsp3) is 0.440. The van der Waals surface area contributed by atoms with E-state index in [0.29, 0.717) is 24.2 Å². The first-order chi connectivity index (χ1) is 16.1. The molecule has 0 radical (unpaired) electrons. The van der Waals surface area contributed by atoms with E-state index in [9.17, 15) is 22.4 Å². The average molecular weight is 492 g/mol. The lowest BCUT2D eigenvalue weighted by Crippen LogP contribution is -2.52. The van der Waals surface area contributed by atoms with Gasteiger partial charge in [-0.05, 0) is 55.2 Å². The molecule has 0 unspecified atom stereocenters. The number of sulfonamides is 1. The second kappa shape index (κ2) is 12.5. The summed E-state index contributed by atoms with van der Waals surface area (Å²) < 4.78 is 39.6. The third-order valence-electron chi connectivity index (χ3n) is 5.45. The van der Waals surface area contributed by atoms with Crippen LogP contribution in [0.15, 0.2) is 48.5 Å². The summed E-state index contributed by atoms with van der Waals surface area (Å²) in [5, 5.41) is 2.86. The summed E-state index contributed by atoms with van der Waals surface area (Å²) in [4.78, 5) is 27.8. The lowest BCUT2D eigenvalue weighted by molar-refractivity contribution is -0.140. The highest BCUT2D eigenvalue weighted by Crippen LogP contribution is 2.21. The van der Waals surface area contributed by atoms with Crippen LogP contribution in [0.1, 0.15) is 44.2 Å². The van der Waals surface area contributed by atoms with Crippen molar-refractivity contribution in [3.63, 3.8) is 0 Å². The summed E-state index contributed by atoms with van der Waals surface area (Å²) in [6, 6.07) is 11.7. The van der Waals surface area contributed by atoms with Crippen molar-refractivity contribution in [1.29, 1.82) is 0 Å². The number of rotatable bonds is 12. The molecule has 186 valence electrons. The SMILES string of the molecule is CCCCNC(=O)[C@H](CC)N(Cc1ccc(F)cc1)C(=O)CN(c1cccc(C)c1)S(C)(=O)=O. The van der Waals surface area contributed by atoms with Crippen LogP contribution in [0.3, 0.4) is 0 Å². The Morgan fingerprint density at radius 3 is 2.32 bits per heavy atom. The second-order valence-electron chi connectivity index (χ2n) is 8.33. The van der Waals surface area contributed by atoms with E-state index in [-0.39, 0.29) is 12.5 Å². The summed E-state index contributed by atoms with van der Waals surface area (Å²) in [5.74, 6) is -1.23. The lowest BCUT2D eigenvalue weighted by Gasteiger charge is -2.33. The molecule has 34 heavy (non-hydrogen) atoms. The maximum Gasteiger partial charge on any atom is 0.244 e. The van der Waals surface area contributed by atoms with Crippen LogP contribution < -0.4 is 9.62 Å². The van der Waals surface area contributed by atoms with Crippen molar-refractivity contribution in [1.82, 2.24) is 10.2 Å². The van der Waals surface area contributed by atoms with Crippen LogP contribution in [0.2, 0.25) is 0 Å². The molecule has 0 spiro atoms. The van der Waals surface area contributed by atoms with Crippen LogP contribution in [0, 0.1) is 12.7 Å². The van der Waals surface area contributed by atoms with Crippen LogP contribution in [-0.2, 0) is 26.2 Å². The van der Waals surface area contributed by atoms with Gasteiger partial charge in [0.2, 0.25) is 21.8 Å². The van der Waals surface area contributed by atoms with E-state index in [2.05, 4.69) is 5.32 Å². The monoisotopic (exact) mass is 491 g/mol. The third-order valence-corrected chi connectivity index (χ3v) is 6.59. The molecule has 2 aromatic rings. The van der Waals surface area contributed by atoms with Gasteiger partial charge in [-0.2, -0.15) is 0 Å². The first kappa shape index (κ1) is 27.3. The maximum atomic E-state index is 13.5. The zero-order valence-corrected chi connectivity index (χ0v) is 21.1. The van der Waals surface area contributed by atoms with E-state index in [1.165, 1.54) is 17.0 Å². The minimum atomic E-state index is -3.78. The van der Waals surface area contributed by atoms with Crippen LogP contribution >= 0.6 is 0 Å². The van der Waals surface area contributed by atoms with Crippen molar-refractivity contribution in [2.24, 2.45) is 0 Å². The molecule has 7 nitrogen and oxygen atoms in total. The van der Waals surface area contributed by atoms with Crippen LogP contribution in [0.5, 0.6) is 0 Å². The van der Waals surface area contributed by atoms with E-state index in [1.54, 1.807) is 37.3 Å². The molecule has 0 heterocycles. The Balaban J connectivity index is 2.39. The Bertz CT molecular complexity index is 1070. The Morgan fingerprint density at radius 1 is 1.09 bits per heavy atom.